The number of rotatable bonds is 3. The van der Waals surface area contributed by atoms with Crippen molar-refractivity contribution in [1.29, 1.82) is 5.26 Å². The third kappa shape index (κ3) is 3.24. The number of nitrogens with one attached hydrogen (secondary N) is 1. The number of para-hydroxylation sites is 2. The van der Waals surface area contributed by atoms with Crippen LogP contribution in [-0.4, -0.2) is 15.5 Å². The van der Waals surface area contributed by atoms with Crippen LogP contribution in [0.15, 0.2) is 35.3 Å². The Kier molecular flexibility index (Phi) is 4.50. The standard InChI is InChI=1S/C20H18N4O2S/c1-12-6-7-13-14(9-21)20(27-17(13)8-12)23-18(25)11-24-16-5-3-2-4-15(16)22-10-19(24)26/h2-5,10,12H,6-8,11H2,1H3,(H,23,25)/t12-/m1/s1. The van der Waals surface area contributed by atoms with Crippen molar-refractivity contribution in [1.82, 2.24) is 9.55 Å². The highest BCUT2D eigenvalue weighted by molar-refractivity contribution is 7.16. The van der Waals surface area contributed by atoms with Gasteiger partial charge in [0, 0.05) is 4.88 Å². The van der Waals surface area contributed by atoms with Crippen LogP contribution in [0.4, 0.5) is 5.00 Å². The molecule has 0 saturated heterocycles. The minimum absolute atomic E-state index is 0.119. The highest BCUT2D eigenvalue weighted by Gasteiger charge is 2.24. The number of nitrogens with zero attached hydrogens (tertiary/aromatic N) is 3. The van der Waals surface area contributed by atoms with Gasteiger partial charge in [-0.25, -0.2) is 4.98 Å². The first kappa shape index (κ1) is 17.4. The maximum Gasteiger partial charge on any atom is 0.269 e. The Hall–Kier alpha value is -2.98. The van der Waals surface area contributed by atoms with E-state index in [1.54, 1.807) is 18.2 Å². The molecule has 0 unspecified atom stereocenters. The topological polar surface area (TPSA) is 87.8 Å². The van der Waals surface area contributed by atoms with Gasteiger partial charge in [0.2, 0.25) is 5.91 Å². The summed E-state index contributed by atoms with van der Waals surface area (Å²) in [5, 5.41) is 13.0. The molecule has 1 aliphatic carbocycles. The van der Waals surface area contributed by atoms with Crippen molar-refractivity contribution >= 4 is 33.3 Å². The lowest BCUT2D eigenvalue weighted by Crippen LogP contribution is -2.27. The van der Waals surface area contributed by atoms with Crippen molar-refractivity contribution in [3.8, 4) is 6.07 Å². The molecule has 3 aromatic rings. The van der Waals surface area contributed by atoms with Gasteiger partial charge in [0.05, 0.1) is 22.8 Å². The Morgan fingerprint density at radius 2 is 2.26 bits per heavy atom. The van der Waals surface area contributed by atoms with Crippen LogP contribution < -0.4 is 10.9 Å². The maximum atomic E-state index is 12.6. The molecule has 1 amide bonds. The number of hydrogen-bond donors (Lipinski definition) is 1. The zero-order valence-electron chi connectivity index (χ0n) is 14.9. The van der Waals surface area contributed by atoms with E-state index in [4.69, 9.17) is 0 Å². The second kappa shape index (κ2) is 6.97. The monoisotopic (exact) mass is 378 g/mol. The van der Waals surface area contributed by atoms with E-state index in [1.165, 1.54) is 27.0 Å². The van der Waals surface area contributed by atoms with E-state index in [1.807, 2.05) is 6.07 Å². The third-order valence-corrected chi connectivity index (χ3v) is 6.10. The molecule has 0 spiro atoms. The second-order valence-corrected chi connectivity index (χ2v) is 7.99. The Labute approximate surface area is 160 Å². The number of hydrogen-bond acceptors (Lipinski definition) is 5. The van der Waals surface area contributed by atoms with Gasteiger partial charge in [-0.1, -0.05) is 19.1 Å². The first-order valence-electron chi connectivity index (χ1n) is 8.86. The lowest BCUT2D eigenvalue weighted by Gasteiger charge is -2.17. The number of anilines is 1. The van der Waals surface area contributed by atoms with Crippen LogP contribution in [0.2, 0.25) is 0 Å². The molecule has 2 heterocycles. The molecule has 1 N–H and O–H groups in total. The molecule has 1 aromatic carbocycles. The molecule has 2 aromatic heterocycles. The van der Waals surface area contributed by atoms with Gasteiger partial charge >= 0.3 is 0 Å². The highest BCUT2D eigenvalue weighted by atomic mass is 32.1. The van der Waals surface area contributed by atoms with Crippen LogP contribution in [0.5, 0.6) is 0 Å². The van der Waals surface area contributed by atoms with Gasteiger partial charge in [0.25, 0.3) is 5.56 Å². The van der Waals surface area contributed by atoms with Crippen molar-refractivity contribution in [3.63, 3.8) is 0 Å². The van der Waals surface area contributed by atoms with Crippen LogP contribution in [0.3, 0.4) is 0 Å². The molecule has 6 nitrogen and oxygen atoms in total. The summed E-state index contributed by atoms with van der Waals surface area (Å²) in [5.41, 5.74) is 2.58. The van der Waals surface area contributed by atoms with Crippen molar-refractivity contribution in [2.45, 2.75) is 32.7 Å². The van der Waals surface area contributed by atoms with Gasteiger partial charge in [-0.05, 0) is 42.9 Å². The molecule has 136 valence electrons. The molecule has 0 fully saturated rings. The zero-order chi connectivity index (χ0) is 19.0. The number of thiophene rings is 1. The Bertz CT molecular complexity index is 1140. The molecular formula is C20H18N4O2S. The number of carbonyl (C=O) groups is 1. The van der Waals surface area contributed by atoms with E-state index in [0.717, 1.165) is 24.8 Å². The van der Waals surface area contributed by atoms with E-state index in [-0.39, 0.29) is 18.0 Å². The number of nitriles is 1. The molecule has 7 heteroatoms. The summed E-state index contributed by atoms with van der Waals surface area (Å²) >= 11 is 1.48. The molecule has 0 radical (unpaired) electrons. The summed E-state index contributed by atoms with van der Waals surface area (Å²) in [5.74, 6) is 0.268. The Balaban J connectivity index is 1.62. The summed E-state index contributed by atoms with van der Waals surface area (Å²) in [6.45, 7) is 2.08. The Morgan fingerprint density at radius 1 is 1.44 bits per heavy atom. The fraction of sp³-hybridized carbons (Fsp3) is 0.300. The van der Waals surface area contributed by atoms with Gasteiger partial charge < -0.3 is 5.32 Å². The molecule has 0 saturated carbocycles. The van der Waals surface area contributed by atoms with Crippen LogP contribution in [0.1, 0.15) is 29.3 Å². The average molecular weight is 378 g/mol. The largest absolute Gasteiger partial charge is 0.315 e. The fourth-order valence-electron chi connectivity index (χ4n) is 3.54. The van der Waals surface area contributed by atoms with Gasteiger partial charge in [-0.2, -0.15) is 5.26 Å². The third-order valence-electron chi connectivity index (χ3n) is 4.93. The Morgan fingerprint density at radius 3 is 3.07 bits per heavy atom. The number of benzene rings is 1. The highest BCUT2D eigenvalue weighted by Crippen LogP contribution is 2.39. The smallest absolute Gasteiger partial charge is 0.269 e. The first-order valence-corrected chi connectivity index (χ1v) is 9.67. The van der Waals surface area contributed by atoms with Gasteiger partial charge in [-0.15, -0.1) is 11.3 Å². The van der Waals surface area contributed by atoms with Gasteiger partial charge in [-0.3, -0.25) is 14.2 Å². The number of aromatic nitrogens is 2. The number of amides is 1. The summed E-state index contributed by atoms with van der Waals surface area (Å²) in [6, 6.07) is 9.45. The number of fused-ring (bicyclic) bond motifs is 2. The lowest BCUT2D eigenvalue weighted by molar-refractivity contribution is -0.116. The first-order chi connectivity index (χ1) is 13.1. The predicted octanol–water partition coefficient (Wildman–Crippen LogP) is 3.09. The van der Waals surface area contributed by atoms with E-state index in [9.17, 15) is 14.9 Å². The normalized spacial score (nSPS) is 15.9. The van der Waals surface area contributed by atoms with Gasteiger partial charge in [0.15, 0.2) is 0 Å². The molecule has 0 bridgehead atoms. The summed E-state index contributed by atoms with van der Waals surface area (Å²) in [4.78, 5) is 30.1. The van der Waals surface area contributed by atoms with E-state index >= 15 is 0 Å². The summed E-state index contributed by atoms with van der Waals surface area (Å²) in [7, 11) is 0. The van der Waals surface area contributed by atoms with Crippen molar-refractivity contribution in [2.75, 3.05) is 5.32 Å². The molecule has 1 atom stereocenters. The lowest BCUT2D eigenvalue weighted by atomic mass is 9.89. The van der Waals surface area contributed by atoms with E-state index in [2.05, 4.69) is 23.3 Å². The van der Waals surface area contributed by atoms with Gasteiger partial charge in [0.1, 0.15) is 17.6 Å². The minimum atomic E-state index is -0.330. The zero-order valence-corrected chi connectivity index (χ0v) is 15.7. The number of carbonyl (C=O) groups excluding carboxylic acids is 1. The molecule has 27 heavy (non-hydrogen) atoms. The summed E-state index contributed by atoms with van der Waals surface area (Å²) < 4.78 is 1.40. The van der Waals surface area contributed by atoms with Crippen LogP contribution in [0.25, 0.3) is 11.0 Å². The van der Waals surface area contributed by atoms with Crippen LogP contribution >= 0.6 is 11.3 Å². The average Bonchev–Trinajstić information content (AvgIpc) is 2.99. The maximum absolute atomic E-state index is 12.6. The minimum Gasteiger partial charge on any atom is -0.315 e. The van der Waals surface area contributed by atoms with Crippen LogP contribution in [0, 0.1) is 17.2 Å². The van der Waals surface area contributed by atoms with Crippen molar-refractivity contribution in [2.24, 2.45) is 5.92 Å². The summed E-state index contributed by atoms with van der Waals surface area (Å²) in [6.07, 6.45) is 4.10. The predicted molar refractivity (Wildman–Crippen MR) is 105 cm³/mol. The second-order valence-electron chi connectivity index (χ2n) is 6.89. The molecule has 4 rings (SSSR count). The van der Waals surface area contributed by atoms with E-state index < -0.39 is 0 Å². The van der Waals surface area contributed by atoms with E-state index in [0.29, 0.717) is 27.5 Å². The molecular weight excluding hydrogens is 360 g/mol. The van der Waals surface area contributed by atoms with Crippen LogP contribution in [-0.2, 0) is 24.2 Å². The molecule has 1 aliphatic rings. The molecule has 0 aliphatic heterocycles. The van der Waals surface area contributed by atoms with Crippen molar-refractivity contribution < 1.29 is 4.79 Å². The SMILES string of the molecule is C[C@@H]1CCc2c(sc(NC(=O)Cn3c(=O)cnc4ccccc43)c2C#N)C1. The fourth-order valence-corrected chi connectivity index (χ4v) is 4.92. The quantitative estimate of drug-likeness (QED) is 0.759. The van der Waals surface area contributed by atoms with Crippen molar-refractivity contribution in [3.05, 3.63) is 56.8 Å².